The van der Waals surface area contributed by atoms with E-state index >= 15 is 0 Å². The molecule has 0 saturated carbocycles. The molecule has 0 aliphatic carbocycles. The lowest BCUT2D eigenvalue weighted by Crippen LogP contribution is -2.12. The summed E-state index contributed by atoms with van der Waals surface area (Å²) in [6, 6.07) is 7.93. The molecule has 0 fully saturated rings. The second-order valence-electron chi connectivity index (χ2n) is 3.97. The van der Waals surface area contributed by atoms with E-state index in [1.54, 1.807) is 19.1 Å². The number of nitriles is 1. The maximum atomic E-state index is 12.1. The second kappa shape index (κ2) is 6.41. The molecule has 0 spiro atoms. The van der Waals surface area contributed by atoms with Crippen molar-refractivity contribution in [2.45, 2.75) is 23.9 Å². The molecular weight excluding hydrogens is 300 g/mol. The van der Waals surface area contributed by atoms with Crippen LogP contribution in [0.2, 0.25) is 0 Å². The van der Waals surface area contributed by atoms with Gasteiger partial charge in [0.05, 0.1) is 11.3 Å². The molecule has 6 nitrogen and oxygen atoms in total. The number of rotatable bonds is 5. The van der Waals surface area contributed by atoms with E-state index in [1.165, 1.54) is 28.6 Å². The minimum Gasteiger partial charge on any atom is -0.435 e. The Labute approximate surface area is 123 Å². The molecule has 0 saturated heterocycles. The molecule has 2 aromatic rings. The van der Waals surface area contributed by atoms with E-state index in [2.05, 4.69) is 21.0 Å². The molecule has 0 aliphatic rings. The van der Waals surface area contributed by atoms with E-state index in [1.807, 2.05) is 0 Å². The molecular formula is C12H11F2N5OS. The summed E-state index contributed by atoms with van der Waals surface area (Å²) in [5.41, 5.74) is 0.600. The summed E-state index contributed by atoms with van der Waals surface area (Å²) in [6.07, 6.45) is 0. The Balaban J connectivity index is 2.21. The molecule has 110 valence electrons. The summed E-state index contributed by atoms with van der Waals surface area (Å²) in [5, 5.41) is 16.7. The van der Waals surface area contributed by atoms with Crippen LogP contribution in [-0.2, 0) is 0 Å². The molecule has 0 aliphatic heterocycles. The number of nitrogens with two attached hydrogens (primary N) is 1. The van der Waals surface area contributed by atoms with Gasteiger partial charge in [0, 0.05) is 5.56 Å². The number of aromatic nitrogens is 3. The van der Waals surface area contributed by atoms with Gasteiger partial charge in [-0.1, -0.05) is 11.8 Å². The molecule has 1 heterocycles. The van der Waals surface area contributed by atoms with E-state index in [0.717, 1.165) is 0 Å². The first kappa shape index (κ1) is 15.1. The minimum atomic E-state index is -2.87. The summed E-state index contributed by atoms with van der Waals surface area (Å²) in [6.45, 7) is -1.15. The van der Waals surface area contributed by atoms with Crippen LogP contribution in [-0.4, -0.2) is 26.7 Å². The van der Waals surface area contributed by atoms with E-state index in [0.29, 0.717) is 16.5 Å². The second-order valence-corrected chi connectivity index (χ2v) is 5.28. The Kier molecular flexibility index (Phi) is 4.59. The molecule has 9 heteroatoms. The number of thioether (sulfide) groups is 1. The Morgan fingerprint density at radius 1 is 1.33 bits per heavy atom. The third-order valence-corrected chi connectivity index (χ3v) is 3.41. The third kappa shape index (κ3) is 3.61. The quantitative estimate of drug-likeness (QED) is 0.673. The van der Waals surface area contributed by atoms with Gasteiger partial charge >= 0.3 is 6.61 Å². The fourth-order valence-corrected chi connectivity index (χ4v) is 2.18. The molecule has 2 N–H and O–H groups in total. The monoisotopic (exact) mass is 311 g/mol. The van der Waals surface area contributed by atoms with Gasteiger partial charge in [0.2, 0.25) is 5.16 Å². The summed E-state index contributed by atoms with van der Waals surface area (Å²) in [5.74, 6) is 6.28. The number of alkyl halides is 2. The minimum absolute atomic E-state index is 0.0459. The first-order valence-electron chi connectivity index (χ1n) is 5.83. The Morgan fingerprint density at radius 3 is 2.57 bits per heavy atom. The van der Waals surface area contributed by atoms with Gasteiger partial charge in [-0.3, -0.25) is 0 Å². The summed E-state index contributed by atoms with van der Waals surface area (Å²) in [4.78, 5) is 0. The van der Waals surface area contributed by atoms with Gasteiger partial charge < -0.3 is 10.6 Å². The highest BCUT2D eigenvalue weighted by molar-refractivity contribution is 8.00. The predicted octanol–water partition coefficient (Wildman–Crippen LogP) is 2.26. The van der Waals surface area contributed by atoms with Crippen LogP contribution in [0.15, 0.2) is 29.4 Å². The van der Waals surface area contributed by atoms with Crippen LogP contribution in [0.25, 0.3) is 11.4 Å². The van der Waals surface area contributed by atoms with Crippen molar-refractivity contribution in [3.05, 3.63) is 24.3 Å². The normalized spacial score (nSPS) is 12.1. The standard InChI is InChI=1S/C12H11F2N5OS/c1-7(6-15)21-12-18-17-10(19(12)16)8-2-4-9(5-3-8)20-11(13)14/h2-5,7,11H,16H2,1H3. The van der Waals surface area contributed by atoms with Crippen LogP contribution in [0.4, 0.5) is 8.78 Å². The van der Waals surface area contributed by atoms with Crippen LogP contribution >= 0.6 is 11.8 Å². The summed E-state index contributed by atoms with van der Waals surface area (Å²) >= 11 is 1.18. The fourth-order valence-electron chi connectivity index (χ4n) is 1.52. The smallest absolute Gasteiger partial charge is 0.387 e. The van der Waals surface area contributed by atoms with Gasteiger partial charge in [0.15, 0.2) is 5.82 Å². The maximum Gasteiger partial charge on any atom is 0.387 e. The Morgan fingerprint density at radius 2 is 2.00 bits per heavy atom. The van der Waals surface area contributed by atoms with Crippen molar-refractivity contribution in [2.24, 2.45) is 0 Å². The molecule has 0 radical (unpaired) electrons. The first-order valence-corrected chi connectivity index (χ1v) is 6.71. The number of hydrogen-bond donors (Lipinski definition) is 1. The van der Waals surface area contributed by atoms with Crippen molar-refractivity contribution in [3.63, 3.8) is 0 Å². The highest BCUT2D eigenvalue weighted by Crippen LogP contribution is 2.25. The highest BCUT2D eigenvalue weighted by Gasteiger charge is 2.15. The molecule has 1 aromatic carbocycles. The number of ether oxygens (including phenoxy) is 1. The van der Waals surface area contributed by atoms with E-state index in [9.17, 15) is 8.78 Å². The van der Waals surface area contributed by atoms with Crippen LogP contribution in [0.1, 0.15) is 6.92 Å². The number of hydrogen-bond acceptors (Lipinski definition) is 6. The largest absolute Gasteiger partial charge is 0.435 e. The zero-order chi connectivity index (χ0) is 15.4. The van der Waals surface area contributed by atoms with Crippen LogP contribution < -0.4 is 10.6 Å². The van der Waals surface area contributed by atoms with Gasteiger partial charge in [0.25, 0.3) is 0 Å². The Bertz CT molecular complexity index is 653. The SMILES string of the molecule is CC(C#N)Sc1nnc(-c2ccc(OC(F)F)cc2)n1N. The number of nitrogen functional groups attached to an aromatic ring is 1. The first-order chi connectivity index (χ1) is 10.0. The van der Waals surface area contributed by atoms with E-state index < -0.39 is 6.61 Å². The van der Waals surface area contributed by atoms with E-state index in [4.69, 9.17) is 11.1 Å². The number of benzene rings is 1. The zero-order valence-electron chi connectivity index (χ0n) is 10.9. The Hall–Kier alpha value is -2.34. The topological polar surface area (TPSA) is 89.8 Å². The lowest BCUT2D eigenvalue weighted by atomic mass is 10.2. The molecule has 0 bridgehead atoms. The van der Waals surface area contributed by atoms with Gasteiger partial charge in [-0.2, -0.15) is 14.0 Å². The van der Waals surface area contributed by atoms with Gasteiger partial charge in [-0.25, -0.2) is 4.68 Å². The molecule has 1 unspecified atom stereocenters. The molecule has 1 aromatic heterocycles. The molecule has 2 rings (SSSR count). The fraction of sp³-hybridized carbons (Fsp3) is 0.250. The van der Waals surface area contributed by atoms with Crippen molar-refractivity contribution in [1.29, 1.82) is 5.26 Å². The molecule has 21 heavy (non-hydrogen) atoms. The third-order valence-electron chi connectivity index (χ3n) is 2.47. The van der Waals surface area contributed by atoms with Crippen LogP contribution in [0, 0.1) is 11.3 Å². The number of halogens is 2. The van der Waals surface area contributed by atoms with E-state index in [-0.39, 0.29) is 11.0 Å². The van der Waals surface area contributed by atoms with Crippen molar-refractivity contribution in [3.8, 4) is 23.2 Å². The van der Waals surface area contributed by atoms with Crippen molar-refractivity contribution in [1.82, 2.24) is 14.9 Å². The lowest BCUT2D eigenvalue weighted by Gasteiger charge is -2.06. The van der Waals surface area contributed by atoms with Gasteiger partial charge in [-0.05, 0) is 31.2 Å². The van der Waals surface area contributed by atoms with Gasteiger partial charge in [0.1, 0.15) is 5.75 Å². The lowest BCUT2D eigenvalue weighted by molar-refractivity contribution is -0.0498. The average Bonchev–Trinajstić information content (AvgIpc) is 2.80. The average molecular weight is 311 g/mol. The maximum absolute atomic E-state index is 12.1. The van der Waals surface area contributed by atoms with Gasteiger partial charge in [-0.15, -0.1) is 10.2 Å². The van der Waals surface area contributed by atoms with Crippen LogP contribution in [0.3, 0.4) is 0 Å². The van der Waals surface area contributed by atoms with Crippen molar-refractivity contribution >= 4 is 11.8 Å². The van der Waals surface area contributed by atoms with Crippen molar-refractivity contribution in [2.75, 3.05) is 5.84 Å². The predicted molar refractivity (Wildman–Crippen MR) is 73.2 cm³/mol. The zero-order valence-corrected chi connectivity index (χ0v) is 11.7. The summed E-state index contributed by atoms with van der Waals surface area (Å²) < 4.78 is 29.6. The number of nitrogens with zero attached hydrogens (tertiary/aromatic N) is 4. The van der Waals surface area contributed by atoms with Crippen molar-refractivity contribution < 1.29 is 13.5 Å². The van der Waals surface area contributed by atoms with Crippen LogP contribution in [0.5, 0.6) is 5.75 Å². The molecule has 0 amide bonds. The molecule has 1 atom stereocenters. The summed E-state index contributed by atoms with van der Waals surface area (Å²) in [7, 11) is 0. The highest BCUT2D eigenvalue weighted by atomic mass is 32.2.